The van der Waals surface area contributed by atoms with Gasteiger partial charge < -0.3 is 10.1 Å². The fourth-order valence-corrected chi connectivity index (χ4v) is 4.89. The van der Waals surface area contributed by atoms with Gasteiger partial charge in [0.05, 0.1) is 17.1 Å². The SMILES string of the molecule is C[C@H]1CC[C@H](Nc2nccc(-c3cn(C4CCOCC4)c(=O)n3-c3cccc(F)c3)n2)CC1. The summed E-state index contributed by atoms with van der Waals surface area (Å²) in [6, 6.07) is 8.31. The summed E-state index contributed by atoms with van der Waals surface area (Å²) in [6.07, 6.45) is 9.69. The number of anilines is 1. The van der Waals surface area contributed by atoms with Gasteiger partial charge in [0.25, 0.3) is 0 Å². The topological polar surface area (TPSA) is 74.0 Å². The average molecular weight is 452 g/mol. The predicted molar refractivity (Wildman–Crippen MR) is 125 cm³/mol. The van der Waals surface area contributed by atoms with Crippen molar-refractivity contribution < 1.29 is 9.13 Å². The summed E-state index contributed by atoms with van der Waals surface area (Å²) in [5.74, 6) is 0.936. The van der Waals surface area contributed by atoms with E-state index in [1.807, 2.05) is 6.20 Å². The number of ether oxygens (including phenoxy) is 1. The van der Waals surface area contributed by atoms with Crippen molar-refractivity contribution in [2.24, 2.45) is 5.92 Å². The van der Waals surface area contributed by atoms with Gasteiger partial charge in [-0.05, 0) is 68.7 Å². The first-order chi connectivity index (χ1) is 16.1. The van der Waals surface area contributed by atoms with Crippen LogP contribution in [0.5, 0.6) is 0 Å². The first-order valence-corrected chi connectivity index (χ1v) is 11.9. The Morgan fingerprint density at radius 1 is 1.09 bits per heavy atom. The molecule has 0 unspecified atom stereocenters. The molecular formula is C25H30FN5O2. The van der Waals surface area contributed by atoms with Gasteiger partial charge in [-0.15, -0.1) is 0 Å². The number of benzene rings is 1. The summed E-state index contributed by atoms with van der Waals surface area (Å²) in [5, 5.41) is 3.47. The zero-order valence-electron chi connectivity index (χ0n) is 18.9. The average Bonchev–Trinajstić information content (AvgIpc) is 3.18. The second-order valence-electron chi connectivity index (χ2n) is 9.23. The van der Waals surface area contributed by atoms with E-state index in [1.54, 1.807) is 33.5 Å². The Hall–Kier alpha value is -3.00. The van der Waals surface area contributed by atoms with Crippen molar-refractivity contribution in [1.29, 1.82) is 0 Å². The van der Waals surface area contributed by atoms with Crippen molar-refractivity contribution in [2.45, 2.75) is 57.5 Å². The molecule has 33 heavy (non-hydrogen) atoms. The first kappa shape index (κ1) is 21.8. The lowest BCUT2D eigenvalue weighted by atomic mass is 9.87. The number of halogens is 1. The Morgan fingerprint density at radius 2 is 1.88 bits per heavy atom. The lowest BCUT2D eigenvalue weighted by molar-refractivity contribution is 0.0686. The highest BCUT2D eigenvalue weighted by Crippen LogP contribution is 2.28. The number of nitrogens with zero attached hydrogens (tertiary/aromatic N) is 4. The third-order valence-corrected chi connectivity index (χ3v) is 6.83. The van der Waals surface area contributed by atoms with E-state index >= 15 is 0 Å². The molecule has 0 amide bonds. The van der Waals surface area contributed by atoms with Gasteiger partial charge in [0.1, 0.15) is 5.82 Å². The van der Waals surface area contributed by atoms with Crippen LogP contribution < -0.4 is 11.0 Å². The van der Waals surface area contributed by atoms with E-state index < -0.39 is 0 Å². The lowest BCUT2D eigenvalue weighted by Gasteiger charge is -2.26. The molecular weight excluding hydrogens is 421 g/mol. The van der Waals surface area contributed by atoms with Crippen LogP contribution in [0.4, 0.5) is 10.3 Å². The zero-order chi connectivity index (χ0) is 22.8. The molecule has 8 heteroatoms. The number of aromatic nitrogens is 4. The summed E-state index contributed by atoms with van der Waals surface area (Å²) in [5.41, 5.74) is 1.54. The van der Waals surface area contributed by atoms with Crippen LogP contribution >= 0.6 is 0 Å². The Bertz CT molecular complexity index is 1160. The Morgan fingerprint density at radius 3 is 2.64 bits per heavy atom. The summed E-state index contributed by atoms with van der Waals surface area (Å²) in [6.45, 7) is 3.54. The van der Waals surface area contributed by atoms with Gasteiger partial charge in [-0.25, -0.2) is 19.2 Å². The maximum Gasteiger partial charge on any atom is 0.333 e. The molecule has 1 N–H and O–H groups in total. The smallest absolute Gasteiger partial charge is 0.333 e. The molecule has 3 heterocycles. The van der Waals surface area contributed by atoms with Crippen LogP contribution in [-0.4, -0.2) is 38.4 Å². The van der Waals surface area contributed by atoms with Crippen LogP contribution in [-0.2, 0) is 4.74 Å². The summed E-state index contributed by atoms with van der Waals surface area (Å²) < 4.78 is 22.8. The molecule has 0 atom stereocenters. The highest BCUT2D eigenvalue weighted by atomic mass is 19.1. The fraction of sp³-hybridized carbons (Fsp3) is 0.480. The standard InChI is InChI=1S/C25H30FN5O2/c1-17-5-7-19(8-6-17)28-24-27-12-9-22(29-24)23-16-30(20-10-13-33-14-11-20)25(32)31(23)21-4-2-3-18(26)15-21/h2-4,9,12,15-17,19-20H,5-8,10-11,13-14H2,1H3,(H,27,28,29)/t17-,19-. The summed E-state index contributed by atoms with van der Waals surface area (Å²) in [4.78, 5) is 22.7. The molecule has 2 aromatic heterocycles. The number of nitrogens with one attached hydrogen (secondary N) is 1. The van der Waals surface area contributed by atoms with Gasteiger partial charge in [-0.1, -0.05) is 13.0 Å². The second-order valence-corrected chi connectivity index (χ2v) is 9.23. The molecule has 1 aromatic carbocycles. The van der Waals surface area contributed by atoms with Crippen LogP contribution in [0.3, 0.4) is 0 Å². The third kappa shape index (κ3) is 4.71. The van der Waals surface area contributed by atoms with Gasteiger partial charge in [-0.2, -0.15) is 0 Å². The van der Waals surface area contributed by atoms with Crippen LogP contribution in [0.2, 0.25) is 0 Å². The van der Waals surface area contributed by atoms with Gasteiger partial charge in [0, 0.05) is 37.7 Å². The molecule has 1 saturated heterocycles. The third-order valence-electron chi connectivity index (χ3n) is 6.83. The van der Waals surface area contributed by atoms with Gasteiger partial charge in [0.15, 0.2) is 0 Å². The Balaban J connectivity index is 1.53. The minimum Gasteiger partial charge on any atom is -0.381 e. The van der Waals surface area contributed by atoms with Crippen molar-refractivity contribution in [1.82, 2.24) is 19.1 Å². The molecule has 3 aromatic rings. The van der Waals surface area contributed by atoms with Crippen molar-refractivity contribution in [3.8, 4) is 17.1 Å². The van der Waals surface area contributed by atoms with Crippen molar-refractivity contribution in [3.05, 3.63) is 59.0 Å². The van der Waals surface area contributed by atoms with E-state index in [-0.39, 0.29) is 17.5 Å². The van der Waals surface area contributed by atoms with Crippen LogP contribution in [0.15, 0.2) is 47.5 Å². The van der Waals surface area contributed by atoms with Crippen LogP contribution in [0.25, 0.3) is 17.1 Å². The minimum atomic E-state index is -0.388. The van der Waals surface area contributed by atoms with Crippen molar-refractivity contribution >= 4 is 5.95 Å². The van der Waals surface area contributed by atoms with E-state index in [1.165, 1.54) is 25.0 Å². The molecule has 0 spiro atoms. The van der Waals surface area contributed by atoms with Crippen LogP contribution in [0.1, 0.15) is 51.5 Å². The largest absolute Gasteiger partial charge is 0.381 e. The molecule has 7 nitrogen and oxygen atoms in total. The van der Waals surface area contributed by atoms with E-state index in [9.17, 15) is 9.18 Å². The van der Waals surface area contributed by atoms with Crippen LogP contribution in [0, 0.1) is 11.7 Å². The zero-order valence-corrected chi connectivity index (χ0v) is 18.9. The Kier molecular flexibility index (Phi) is 6.26. The molecule has 2 aliphatic rings. The molecule has 0 radical (unpaired) electrons. The maximum atomic E-state index is 14.1. The molecule has 174 valence electrons. The fourth-order valence-electron chi connectivity index (χ4n) is 4.89. The molecule has 1 saturated carbocycles. The first-order valence-electron chi connectivity index (χ1n) is 11.9. The summed E-state index contributed by atoms with van der Waals surface area (Å²) >= 11 is 0. The highest BCUT2D eigenvalue weighted by Gasteiger charge is 2.24. The number of hydrogen-bond donors (Lipinski definition) is 1. The monoisotopic (exact) mass is 451 g/mol. The van der Waals surface area contributed by atoms with Gasteiger partial charge in [0.2, 0.25) is 5.95 Å². The lowest BCUT2D eigenvalue weighted by Crippen LogP contribution is -2.30. The highest BCUT2D eigenvalue weighted by molar-refractivity contribution is 5.59. The Labute approximate surface area is 192 Å². The maximum absolute atomic E-state index is 14.1. The summed E-state index contributed by atoms with van der Waals surface area (Å²) in [7, 11) is 0. The van der Waals surface area contributed by atoms with E-state index in [0.29, 0.717) is 42.3 Å². The molecule has 0 bridgehead atoms. The minimum absolute atomic E-state index is 0.0449. The van der Waals surface area contributed by atoms with Crippen molar-refractivity contribution in [3.63, 3.8) is 0 Å². The molecule has 1 aliphatic heterocycles. The molecule has 2 fully saturated rings. The second kappa shape index (κ2) is 9.47. The van der Waals surface area contributed by atoms with Gasteiger partial charge >= 0.3 is 5.69 Å². The number of rotatable bonds is 5. The number of imidazole rings is 1. The molecule has 5 rings (SSSR count). The quantitative estimate of drug-likeness (QED) is 0.615. The predicted octanol–water partition coefficient (Wildman–Crippen LogP) is 4.58. The van der Waals surface area contributed by atoms with E-state index in [4.69, 9.17) is 9.72 Å². The number of hydrogen-bond acceptors (Lipinski definition) is 5. The molecule has 1 aliphatic carbocycles. The van der Waals surface area contributed by atoms with Crippen molar-refractivity contribution in [2.75, 3.05) is 18.5 Å². The van der Waals surface area contributed by atoms with E-state index in [2.05, 4.69) is 17.2 Å². The van der Waals surface area contributed by atoms with Gasteiger partial charge in [-0.3, -0.25) is 9.13 Å². The van der Waals surface area contributed by atoms with E-state index in [0.717, 1.165) is 31.6 Å². The normalized spacial score (nSPS) is 21.8.